The molecule has 1 N–H and O–H groups in total. The molecular weight excluding hydrogens is 414 g/mol. The van der Waals surface area contributed by atoms with E-state index in [9.17, 15) is 13.2 Å². The summed E-state index contributed by atoms with van der Waals surface area (Å²) >= 11 is 0. The molecule has 158 valence electrons. The summed E-state index contributed by atoms with van der Waals surface area (Å²) in [6.07, 6.45) is 0. The number of benzene rings is 3. The zero-order valence-electron chi connectivity index (χ0n) is 17.1. The summed E-state index contributed by atoms with van der Waals surface area (Å²) in [6.45, 7) is 1.73. The largest absolute Gasteiger partial charge is 0.497 e. The number of ether oxygens (including phenoxy) is 1. The maximum atomic E-state index is 13.3. The molecule has 4 aromatic rings. The number of aryl methyl sites for hydroxylation is 1. The lowest BCUT2D eigenvalue weighted by molar-refractivity contribution is 0.414. The number of hydrogen-bond acceptors (Lipinski definition) is 5. The van der Waals surface area contributed by atoms with Crippen molar-refractivity contribution in [3.05, 3.63) is 94.5 Å². The van der Waals surface area contributed by atoms with E-state index in [0.29, 0.717) is 22.3 Å². The van der Waals surface area contributed by atoms with E-state index in [-0.39, 0.29) is 22.8 Å². The van der Waals surface area contributed by atoms with Crippen LogP contribution in [0.4, 0.5) is 0 Å². The number of para-hydroxylation sites is 1. The lowest BCUT2D eigenvalue weighted by atomic mass is 10.2. The maximum absolute atomic E-state index is 13.3. The van der Waals surface area contributed by atoms with E-state index >= 15 is 0 Å². The van der Waals surface area contributed by atoms with E-state index in [1.165, 1.54) is 4.57 Å². The molecule has 1 heterocycles. The minimum absolute atomic E-state index is 0.150. The first-order chi connectivity index (χ1) is 14.9. The van der Waals surface area contributed by atoms with Gasteiger partial charge in [-0.1, -0.05) is 29.8 Å². The van der Waals surface area contributed by atoms with Gasteiger partial charge in [0.25, 0.3) is 5.56 Å². The van der Waals surface area contributed by atoms with E-state index in [4.69, 9.17) is 4.74 Å². The highest BCUT2D eigenvalue weighted by molar-refractivity contribution is 7.89. The molecule has 8 heteroatoms. The number of fused-ring (bicyclic) bond motifs is 1. The average Bonchev–Trinajstić information content (AvgIpc) is 2.78. The first kappa shape index (κ1) is 20.8. The van der Waals surface area contributed by atoms with Gasteiger partial charge in [0.15, 0.2) is 0 Å². The summed E-state index contributed by atoms with van der Waals surface area (Å²) in [7, 11) is -2.22. The first-order valence-electron chi connectivity index (χ1n) is 9.60. The second-order valence-corrected chi connectivity index (χ2v) is 8.79. The van der Waals surface area contributed by atoms with E-state index in [1.807, 2.05) is 6.92 Å². The summed E-state index contributed by atoms with van der Waals surface area (Å²) in [4.78, 5) is 18.0. The van der Waals surface area contributed by atoms with Crippen molar-refractivity contribution in [2.24, 2.45) is 0 Å². The van der Waals surface area contributed by atoms with Crippen molar-refractivity contribution in [2.75, 3.05) is 7.11 Å². The van der Waals surface area contributed by atoms with Gasteiger partial charge in [0.2, 0.25) is 10.0 Å². The monoisotopic (exact) mass is 435 g/mol. The SMILES string of the molecule is COc1ccc(-n2c(CNS(=O)(=O)c3ccc(C)cc3)nc3ccccc3c2=O)cc1. The summed E-state index contributed by atoms with van der Waals surface area (Å²) in [6, 6.07) is 20.5. The number of nitrogens with one attached hydrogen (secondary N) is 1. The van der Waals surface area contributed by atoms with Crippen LogP contribution in [0.5, 0.6) is 5.75 Å². The molecule has 0 aliphatic rings. The van der Waals surface area contributed by atoms with Crippen molar-refractivity contribution >= 4 is 20.9 Å². The zero-order chi connectivity index (χ0) is 22.0. The number of rotatable bonds is 6. The van der Waals surface area contributed by atoms with E-state index in [0.717, 1.165) is 5.56 Å². The molecule has 1 aromatic heterocycles. The number of sulfonamides is 1. The molecular formula is C23H21N3O4S. The first-order valence-corrected chi connectivity index (χ1v) is 11.1. The van der Waals surface area contributed by atoms with Gasteiger partial charge in [0.1, 0.15) is 11.6 Å². The molecule has 31 heavy (non-hydrogen) atoms. The molecule has 0 atom stereocenters. The van der Waals surface area contributed by atoms with Gasteiger partial charge in [0, 0.05) is 0 Å². The Bertz CT molecular complexity index is 1390. The molecule has 4 rings (SSSR count). The minimum Gasteiger partial charge on any atom is -0.497 e. The predicted octanol–water partition coefficient (Wildman–Crippen LogP) is 3.18. The van der Waals surface area contributed by atoms with Gasteiger partial charge in [-0.3, -0.25) is 9.36 Å². The third-order valence-corrected chi connectivity index (χ3v) is 6.34. The molecule has 0 fully saturated rings. The zero-order valence-corrected chi connectivity index (χ0v) is 17.9. The van der Waals surface area contributed by atoms with Crippen molar-refractivity contribution in [1.82, 2.24) is 14.3 Å². The Hall–Kier alpha value is -3.49. The van der Waals surface area contributed by atoms with Gasteiger partial charge in [-0.15, -0.1) is 0 Å². The van der Waals surface area contributed by atoms with Crippen molar-refractivity contribution in [1.29, 1.82) is 0 Å². The Morgan fingerprint density at radius 1 is 0.968 bits per heavy atom. The molecule has 0 spiro atoms. The van der Waals surface area contributed by atoms with Gasteiger partial charge < -0.3 is 4.74 Å². The summed E-state index contributed by atoms with van der Waals surface area (Å²) in [5.74, 6) is 0.928. The quantitative estimate of drug-likeness (QED) is 0.502. The minimum atomic E-state index is -3.78. The third-order valence-electron chi connectivity index (χ3n) is 4.93. The smallest absolute Gasteiger partial charge is 0.266 e. The second kappa shape index (κ2) is 8.33. The van der Waals surface area contributed by atoms with Crippen molar-refractivity contribution < 1.29 is 13.2 Å². The molecule has 0 radical (unpaired) electrons. The van der Waals surface area contributed by atoms with Crippen molar-refractivity contribution in [2.45, 2.75) is 18.4 Å². The Kier molecular flexibility index (Phi) is 5.58. The molecule has 0 amide bonds. The third kappa shape index (κ3) is 4.21. The Morgan fingerprint density at radius 3 is 2.32 bits per heavy atom. The van der Waals surface area contributed by atoms with Crippen LogP contribution in [0.2, 0.25) is 0 Å². The molecule has 3 aromatic carbocycles. The lowest BCUT2D eigenvalue weighted by Crippen LogP contribution is -2.30. The molecule has 0 aliphatic carbocycles. The van der Waals surface area contributed by atoms with Gasteiger partial charge in [-0.2, -0.15) is 0 Å². The normalized spacial score (nSPS) is 11.5. The molecule has 0 saturated carbocycles. The van der Waals surface area contributed by atoms with Crippen LogP contribution in [0, 0.1) is 6.92 Å². The fraction of sp³-hybridized carbons (Fsp3) is 0.130. The number of nitrogens with zero attached hydrogens (tertiary/aromatic N) is 2. The van der Waals surface area contributed by atoms with Crippen LogP contribution in [0.3, 0.4) is 0 Å². The van der Waals surface area contributed by atoms with Gasteiger partial charge in [-0.05, 0) is 55.5 Å². The van der Waals surface area contributed by atoms with Crippen LogP contribution >= 0.6 is 0 Å². The van der Waals surface area contributed by atoms with Crippen LogP contribution in [0.25, 0.3) is 16.6 Å². The fourth-order valence-corrected chi connectivity index (χ4v) is 4.24. The topological polar surface area (TPSA) is 90.3 Å². The summed E-state index contributed by atoms with van der Waals surface area (Å²) < 4.78 is 34.7. The van der Waals surface area contributed by atoms with E-state index < -0.39 is 10.0 Å². The van der Waals surface area contributed by atoms with Gasteiger partial charge in [0.05, 0.1) is 35.1 Å². The lowest BCUT2D eigenvalue weighted by Gasteiger charge is -2.15. The summed E-state index contributed by atoms with van der Waals surface area (Å²) in [5, 5.41) is 0.448. The van der Waals surface area contributed by atoms with Crippen LogP contribution in [0.15, 0.2) is 82.5 Å². The Balaban J connectivity index is 1.78. The van der Waals surface area contributed by atoms with Crippen molar-refractivity contribution in [3.8, 4) is 11.4 Å². The van der Waals surface area contributed by atoms with Crippen LogP contribution < -0.4 is 15.0 Å². The summed E-state index contributed by atoms with van der Waals surface area (Å²) in [5.41, 5.74) is 1.75. The van der Waals surface area contributed by atoms with E-state index in [1.54, 1.807) is 79.9 Å². The van der Waals surface area contributed by atoms with Crippen LogP contribution in [-0.2, 0) is 16.6 Å². The maximum Gasteiger partial charge on any atom is 0.266 e. The number of hydrogen-bond donors (Lipinski definition) is 1. The van der Waals surface area contributed by atoms with E-state index in [2.05, 4.69) is 9.71 Å². The molecule has 0 unspecified atom stereocenters. The van der Waals surface area contributed by atoms with Crippen molar-refractivity contribution in [3.63, 3.8) is 0 Å². The van der Waals surface area contributed by atoms with Crippen LogP contribution in [-0.4, -0.2) is 25.1 Å². The molecule has 7 nitrogen and oxygen atoms in total. The highest BCUT2D eigenvalue weighted by atomic mass is 32.2. The standard InChI is InChI=1S/C23H21N3O4S/c1-16-7-13-19(14-8-16)31(28,29)24-15-22-25-21-6-4-3-5-20(21)23(27)26(22)17-9-11-18(30-2)12-10-17/h3-14,24H,15H2,1-2H3. The second-order valence-electron chi connectivity index (χ2n) is 7.02. The highest BCUT2D eigenvalue weighted by Crippen LogP contribution is 2.18. The van der Waals surface area contributed by atoms with Crippen LogP contribution in [0.1, 0.15) is 11.4 Å². The predicted molar refractivity (Wildman–Crippen MR) is 119 cm³/mol. The number of methoxy groups -OCH3 is 1. The van der Waals surface area contributed by atoms with Gasteiger partial charge in [-0.25, -0.2) is 18.1 Å². The van der Waals surface area contributed by atoms with Gasteiger partial charge >= 0.3 is 0 Å². The average molecular weight is 436 g/mol. The molecule has 0 saturated heterocycles. The highest BCUT2D eigenvalue weighted by Gasteiger charge is 2.18. The Morgan fingerprint density at radius 2 is 1.65 bits per heavy atom. The molecule has 0 bridgehead atoms. The Labute approximate surface area is 180 Å². The number of aromatic nitrogens is 2. The molecule has 0 aliphatic heterocycles. The fourth-order valence-electron chi connectivity index (χ4n) is 3.26.